The van der Waals surface area contributed by atoms with Crippen LogP contribution in [0.3, 0.4) is 0 Å². The van der Waals surface area contributed by atoms with Gasteiger partial charge in [0, 0.05) is 4.91 Å². The first-order valence-corrected chi connectivity index (χ1v) is 11.6. The summed E-state index contributed by atoms with van der Waals surface area (Å²) >= 11 is 9.02. The molecule has 4 rings (SSSR count). The Hall–Kier alpha value is -2.82. The fourth-order valence-electron chi connectivity index (χ4n) is 3.45. The monoisotopic (exact) mass is 516 g/mol. The maximum atomic E-state index is 12.8. The quantitative estimate of drug-likeness (QED) is 0.303. The van der Waals surface area contributed by atoms with E-state index in [0.29, 0.717) is 22.1 Å². The van der Waals surface area contributed by atoms with E-state index in [4.69, 9.17) is 23.1 Å². The second-order valence-corrected chi connectivity index (χ2v) is 10.6. The first-order valence-electron chi connectivity index (χ1n) is 8.82. The highest BCUT2D eigenvalue weighted by Gasteiger charge is 2.54. The van der Waals surface area contributed by atoms with Crippen LogP contribution in [0.5, 0.6) is 0 Å². The van der Waals surface area contributed by atoms with Crippen molar-refractivity contribution in [2.75, 3.05) is 11.5 Å². The Labute approximate surface area is 196 Å². The van der Waals surface area contributed by atoms with Crippen LogP contribution in [-0.4, -0.2) is 55.1 Å². The van der Waals surface area contributed by atoms with Gasteiger partial charge in [0.05, 0.1) is 6.04 Å². The zero-order valence-electron chi connectivity index (χ0n) is 15.7. The van der Waals surface area contributed by atoms with E-state index in [2.05, 4.69) is 25.7 Å². The zero-order valence-corrected chi connectivity index (χ0v) is 18.9. The van der Waals surface area contributed by atoms with Crippen LogP contribution in [-0.2, 0) is 14.4 Å². The van der Waals surface area contributed by atoms with Crippen LogP contribution in [0.25, 0.3) is 0 Å². The number of thiazole rings is 1. The molecule has 2 aromatic heterocycles. The van der Waals surface area contributed by atoms with Crippen LogP contribution in [0.2, 0.25) is 4.34 Å². The van der Waals surface area contributed by atoms with Gasteiger partial charge in [0.15, 0.2) is 9.47 Å². The number of carbonyl (C=O) groups is 3. The molecule has 4 heterocycles. The number of nitrogens with two attached hydrogens (primary N) is 2. The number of amides is 2. The third-order valence-electron chi connectivity index (χ3n) is 4.76. The number of allylic oxidation sites excluding steroid dienone is 1. The lowest BCUT2D eigenvalue weighted by Gasteiger charge is -2.50. The van der Waals surface area contributed by atoms with Gasteiger partial charge in [-0.2, -0.15) is 0 Å². The van der Waals surface area contributed by atoms with Gasteiger partial charge in [-0.1, -0.05) is 46.0 Å². The minimum Gasteiger partial charge on any atom is -0.477 e. The van der Waals surface area contributed by atoms with Gasteiger partial charge in [-0.15, -0.1) is 15.1 Å². The van der Waals surface area contributed by atoms with Gasteiger partial charge in [-0.05, 0) is 18.0 Å². The largest absolute Gasteiger partial charge is 0.477 e. The molecule has 1 saturated heterocycles. The molecule has 168 valence electrons. The summed E-state index contributed by atoms with van der Waals surface area (Å²) in [4.78, 5) is 54.0. The van der Waals surface area contributed by atoms with Crippen LogP contribution < -0.4 is 16.8 Å². The van der Waals surface area contributed by atoms with Gasteiger partial charge in [0.2, 0.25) is 11.2 Å². The highest BCUT2D eigenvalue weighted by Crippen LogP contribution is 2.44. The van der Waals surface area contributed by atoms with Crippen molar-refractivity contribution < 1.29 is 19.5 Å². The number of carbonyl (C=O) groups excluding carboxylic acids is 2. The molecule has 0 saturated carbocycles. The Kier molecular flexibility index (Phi) is 6.02. The predicted molar refractivity (Wildman–Crippen MR) is 117 cm³/mol. The minimum atomic E-state index is -1.59. The molecule has 6 N–H and O–H groups in total. The molecule has 3 atom stereocenters. The van der Waals surface area contributed by atoms with Crippen molar-refractivity contribution in [1.82, 2.24) is 25.4 Å². The smallest absolute Gasteiger partial charge is 0.353 e. The Morgan fingerprint density at radius 2 is 2.06 bits per heavy atom. The van der Waals surface area contributed by atoms with Crippen LogP contribution in [0.15, 0.2) is 20.1 Å². The van der Waals surface area contributed by atoms with E-state index < -0.39 is 35.9 Å². The first kappa shape index (κ1) is 22.4. The molecule has 2 aromatic rings. The van der Waals surface area contributed by atoms with E-state index in [1.807, 2.05) is 0 Å². The molecular weight excluding hydrogens is 504 g/mol. The zero-order chi connectivity index (χ0) is 23.2. The van der Waals surface area contributed by atoms with E-state index in [1.54, 1.807) is 0 Å². The molecule has 0 spiro atoms. The number of fused-ring (bicyclic) bond motifs is 1. The van der Waals surface area contributed by atoms with E-state index >= 15 is 0 Å². The summed E-state index contributed by atoms with van der Waals surface area (Å²) in [5.74, 6) is -2.79. The van der Waals surface area contributed by atoms with Crippen LogP contribution >= 0.6 is 46.0 Å². The van der Waals surface area contributed by atoms with Crippen LogP contribution in [0.4, 0.5) is 10.3 Å². The van der Waals surface area contributed by atoms with Gasteiger partial charge in [0.25, 0.3) is 11.8 Å². The molecule has 17 heteroatoms. The van der Waals surface area contributed by atoms with Crippen molar-refractivity contribution in [2.45, 2.75) is 35.3 Å². The number of anilines is 2. The Morgan fingerprint density at radius 1 is 1.31 bits per heavy atom. The van der Waals surface area contributed by atoms with Crippen molar-refractivity contribution in [1.29, 1.82) is 0 Å². The van der Waals surface area contributed by atoms with E-state index in [-0.39, 0.29) is 26.0 Å². The number of carboxylic acids is 1. The lowest BCUT2D eigenvalue weighted by atomic mass is 9.86. The molecule has 2 aliphatic rings. The van der Waals surface area contributed by atoms with Gasteiger partial charge in [0.1, 0.15) is 21.8 Å². The topological polar surface area (TPSA) is 207 Å². The average Bonchev–Trinajstić information content (AvgIpc) is 3.30. The van der Waals surface area contributed by atoms with Crippen molar-refractivity contribution >= 4 is 74.1 Å². The number of carboxylic acid groups (broad SMARTS) is 1. The summed E-state index contributed by atoms with van der Waals surface area (Å²) in [6.45, 7) is 0. The molecule has 13 nitrogen and oxygen atoms in total. The summed E-state index contributed by atoms with van der Waals surface area (Å²) < 4.78 is 0.489. The minimum absolute atomic E-state index is 0.0385. The first-order chi connectivity index (χ1) is 15.2. The summed E-state index contributed by atoms with van der Waals surface area (Å²) in [7, 11) is 0. The van der Waals surface area contributed by atoms with Crippen molar-refractivity contribution in [3.05, 3.63) is 25.5 Å². The maximum absolute atomic E-state index is 12.8. The van der Waals surface area contributed by atoms with Gasteiger partial charge in [-0.3, -0.25) is 14.5 Å². The molecule has 2 amide bonds. The van der Waals surface area contributed by atoms with Gasteiger partial charge >= 0.3 is 5.97 Å². The molecule has 0 aromatic carbocycles. The number of halogens is 1. The van der Waals surface area contributed by atoms with Crippen molar-refractivity contribution in [3.8, 4) is 0 Å². The summed E-state index contributed by atoms with van der Waals surface area (Å²) in [5, 5.41) is 22.8. The number of nitrogens with one attached hydrogen (secondary N) is 1. The number of rotatable bonds is 7. The number of nitroso groups, excluding NO2 is 1. The number of hydrogen-bond acceptors (Lipinski definition) is 13. The van der Waals surface area contributed by atoms with E-state index in [9.17, 15) is 24.4 Å². The molecule has 0 bridgehead atoms. The number of thioether (sulfide) groups is 1. The standard InChI is InChI=1S/C15H13ClN8O5S3/c16-9-6(20-13(17)31-9)7(23-29)10(25)19-5-3-1-2-4(30-15-22-21-14(18)32-15)8(12(27)28)24(3)11(5)26/h3,5,7H,1-2H2,(H2,17,20)(H2,18,21)(H,19,25)(H,27,28). The van der Waals surface area contributed by atoms with Gasteiger partial charge < -0.3 is 21.9 Å². The molecular formula is C15H13ClN8O5S3. The SMILES string of the molecule is Nc1nnc(SC2=C(C(=O)O)N3C(=O)C(NC(=O)C(N=O)c4nc(N)sc4Cl)C3CC2)s1. The Bertz CT molecular complexity index is 1170. The second kappa shape index (κ2) is 8.61. The fraction of sp³-hybridized carbons (Fsp3) is 0.333. The Balaban J connectivity index is 1.52. The number of nitrogens with zero attached hydrogens (tertiary/aromatic N) is 5. The lowest BCUT2D eigenvalue weighted by molar-refractivity contribution is -0.156. The number of aromatic nitrogens is 3. The number of hydrogen-bond donors (Lipinski definition) is 4. The van der Waals surface area contributed by atoms with Crippen LogP contribution in [0, 0.1) is 4.91 Å². The van der Waals surface area contributed by atoms with Crippen molar-refractivity contribution in [2.24, 2.45) is 5.18 Å². The lowest BCUT2D eigenvalue weighted by Crippen LogP contribution is -2.71. The number of aliphatic carboxylic acids is 1. The molecule has 32 heavy (non-hydrogen) atoms. The highest BCUT2D eigenvalue weighted by atomic mass is 35.5. The fourth-order valence-corrected chi connectivity index (χ4v) is 6.28. The number of nitrogen functional groups attached to an aromatic ring is 2. The molecule has 2 aliphatic heterocycles. The Morgan fingerprint density at radius 3 is 2.62 bits per heavy atom. The normalized spacial score (nSPS) is 21.0. The third kappa shape index (κ3) is 3.89. The predicted octanol–water partition coefficient (Wildman–Crippen LogP) is 1.20. The van der Waals surface area contributed by atoms with Gasteiger partial charge in [-0.25, -0.2) is 9.78 Å². The molecule has 0 aliphatic carbocycles. The molecule has 0 radical (unpaired) electrons. The highest BCUT2D eigenvalue weighted by molar-refractivity contribution is 8.04. The van der Waals surface area contributed by atoms with E-state index in [1.165, 1.54) is 0 Å². The summed E-state index contributed by atoms with van der Waals surface area (Å²) in [6, 6.07) is -3.20. The van der Waals surface area contributed by atoms with Crippen molar-refractivity contribution in [3.63, 3.8) is 0 Å². The maximum Gasteiger partial charge on any atom is 0.353 e. The summed E-state index contributed by atoms with van der Waals surface area (Å²) in [6.07, 6.45) is 0.712. The second-order valence-electron chi connectivity index (χ2n) is 6.60. The van der Waals surface area contributed by atoms with Crippen LogP contribution in [0.1, 0.15) is 24.6 Å². The number of β-lactam (4-membered cyclic amide) rings is 1. The summed E-state index contributed by atoms with van der Waals surface area (Å²) in [5.41, 5.74) is 10.8. The van der Waals surface area contributed by atoms with E-state index in [0.717, 1.165) is 39.3 Å². The average molecular weight is 517 g/mol. The molecule has 3 unspecified atom stereocenters. The third-order valence-corrected chi connectivity index (χ3v) is 7.83. The molecule has 1 fully saturated rings.